The fraction of sp³-hybridized carbons (Fsp3) is 1.00. The van der Waals surface area contributed by atoms with Crippen molar-refractivity contribution in [2.24, 2.45) is 0 Å². The van der Waals surface area contributed by atoms with Crippen LogP contribution in [-0.2, 0) is 28.2 Å². The van der Waals surface area contributed by atoms with Crippen molar-refractivity contribution in [1.29, 1.82) is 0 Å². The molecule has 7 heteroatoms. The molecule has 0 spiro atoms. The second-order valence-electron chi connectivity index (χ2n) is 6.09. The van der Waals surface area contributed by atoms with Crippen LogP contribution >= 0.6 is 0 Å². The van der Waals surface area contributed by atoms with E-state index in [0.717, 1.165) is 0 Å². The topological polar surface area (TPSA) is 52.6 Å². The standard InChI is InChI=1S/2C5H13OSi.Cr.2O/c2*1-5(2)7(3,4)6;;;/h2*5H,1-4H3;;;/q2*-1;+2;;. The molecule has 0 aromatic rings. The predicted molar refractivity (Wildman–Crippen MR) is 68.7 cm³/mol. The van der Waals surface area contributed by atoms with Crippen LogP contribution in [0.1, 0.15) is 27.7 Å². The number of rotatable bonds is 6. The van der Waals surface area contributed by atoms with Crippen molar-refractivity contribution in [3.05, 3.63) is 0 Å². The summed E-state index contributed by atoms with van der Waals surface area (Å²) >= 11 is -4.67. The zero-order chi connectivity index (χ0) is 14.1. The van der Waals surface area contributed by atoms with Gasteiger partial charge >= 0.3 is 110 Å². The van der Waals surface area contributed by atoms with Crippen molar-refractivity contribution < 1.29 is 28.2 Å². The van der Waals surface area contributed by atoms with Crippen LogP contribution in [0.4, 0.5) is 0 Å². The monoisotopic (exact) mass is 318 g/mol. The van der Waals surface area contributed by atoms with Gasteiger partial charge in [0.15, 0.2) is 0 Å². The molecule has 0 atom stereocenters. The Kier molecular flexibility index (Phi) is 5.80. The first kappa shape index (κ1) is 17.5. The van der Waals surface area contributed by atoms with Crippen molar-refractivity contribution in [1.82, 2.24) is 0 Å². The molecule has 4 nitrogen and oxygen atoms in total. The molecule has 0 fully saturated rings. The molecule has 0 unspecified atom stereocenters. The molecule has 0 bridgehead atoms. The quantitative estimate of drug-likeness (QED) is 0.696. The van der Waals surface area contributed by atoms with E-state index in [1.54, 1.807) is 0 Å². The van der Waals surface area contributed by atoms with E-state index in [4.69, 9.17) is 6.96 Å². The first-order chi connectivity index (χ1) is 7.30. The molecule has 0 radical (unpaired) electrons. The minimum atomic E-state index is -4.67. The molecule has 0 aromatic carbocycles. The summed E-state index contributed by atoms with van der Waals surface area (Å²) < 4.78 is 34.7. The maximum absolute atomic E-state index is 12.0. The van der Waals surface area contributed by atoms with E-state index in [2.05, 4.69) is 0 Å². The van der Waals surface area contributed by atoms with Crippen LogP contribution in [0.2, 0.25) is 37.3 Å². The Morgan fingerprint density at radius 2 is 1.00 bits per heavy atom. The van der Waals surface area contributed by atoms with Gasteiger partial charge in [-0.05, 0) is 0 Å². The molecule has 0 saturated carbocycles. The maximum atomic E-state index is 12.0. The fourth-order valence-corrected chi connectivity index (χ4v) is 9.52. The Bertz CT molecular complexity index is 319. The van der Waals surface area contributed by atoms with Crippen LogP contribution < -0.4 is 0 Å². The van der Waals surface area contributed by atoms with Gasteiger partial charge in [0.1, 0.15) is 0 Å². The third kappa shape index (κ3) is 5.77. The third-order valence-corrected chi connectivity index (χ3v) is 16.2. The van der Waals surface area contributed by atoms with Crippen LogP contribution in [0, 0.1) is 0 Å². The van der Waals surface area contributed by atoms with E-state index in [0.29, 0.717) is 0 Å². The van der Waals surface area contributed by atoms with E-state index in [9.17, 15) is 7.61 Å². The summed E-state index contributed by atoms with van der Waals surface area (Å²) in [6.07, 6.45) is 0. The van der Waals surface area contributed by atoms with Gasteiger partial charge in [0.25, 0.3) is 0 Å². The first-order valence-electron chi connectivity index (χ1n) is 5.96. The van der Waals surface area contributed by atoms with Gasteiger partial charge in [0.05, 0.1) is 0 Å². The molecule has 0 aliphatic heterocycles. The van der Waals surface area contributed by atoms with E-state index in [1.807, 2.05) is 53.9 Å². The average molecular weight is 318 g/mol. The zero-order valence-corrected chi connectivity index (χ0v) is 15.5. The van der Waals surface area contributed by atoms with E-state index >= 15 is 0 Å². The minimum absolute atomic E-state index is 0.245. The van der Waals surface area contributed by atoms with E-state index < -0.39 is 30.2 Å². The Balaban J connectivity index is 4.85. The molecule has 0 aromatic heterocycles. The van der Waals surface area contributed by atoms with Crippen molar-refractivity contribution in [2.75, 3.05) is 0 Å². The summed E-state index contributed by atoms with van der Waals surface area (Å²) in [6.45, 7) is 15.6. The molecular formula is C10H26CrO4Si2. The molecule has 0 aliphatic carbocycles. The summed E-state index contributed by atoms with van der Waals surface area (Å²) in [4.78, 5) is 0. The van der Waals surface area contributed by atoms with Crippen molar-refractivity contribution in [3.63, 3.8) is 0 Å². The Hall–Kier alpha value is 0.486. The normalized spacial score (nSPS) is 14.7. The molecule has 0 saturated heterocycles. The molecule has 104 valence electrons. The summed E-state index contributed by atoms with van der Waals surface area (Å²) in [6, 6.07) is 0. The zero-order valence-electron chi connectivity index (χ0n) is 12.2. The molecular weight excluding hydrogens is 292 g/mol. The van der Waals surface area contributed by atoms with Gasteiger partial charge in [-0.3, -0.25) is 0 Å². The summed E-state index contributed by atoms with van der Waals surface area (Å²) in [7, 11) is -4.42. The second-order valence-corrected chi connectivity index (χ2v) is 18.0. The summed E-state index contributed by atoms with van der Waals surface area (Å²) in [5.74, 6) is 0. The van der Waals surface area contributed by atoms with Crippen LogP contribution in [0.15, 0.2) is 0 Å². The first-order valence-corrected chi connectivity index (χ1v) is 14.0. The van der Waals surface area contributed by atoms with Gasteiger partial charge in [-0.1, -0.05) is 0 Å². The molecule has 0 N–H and O–H groups in total. The summed E-state index contributed by atoms with van der Waals surface area (Å²) in [5, 5.41) is 0. The van der Waals surface area contributed by atoms with Crippen molar-refractivity contribution >= 4 is 16.6 Å². The van der Waals surface area contributed by atoms with Gasteiger partial charge in [-0.2, -0.15) is 0 Å². The molecule has 0 heterocycles. The summed E-state index contributed by atoms with van der Waals surface area (Å²) in [5.41, 5.74) is 0.490. The van der Waals surface area contributed by atoms with Crippen LogP contribution in [0.25, 0.3) is 0 Å². The van der Waals surface area contributed by atoms with Gasteiger partial charge < -0.3 is 0 Å². The van der Waals surface area contributed by atoms with Crippen LogP contribution in [0.3, 0.4) is 0 Å². The van der Waals surface area contributed by atoms with Gasteiger partial charge in [-0.15, -0.1) is 0 Å². The fourth-order valence-electron chi connectivity index (χ4n) is 0.736. The molecule has 0 aliphatic rings. The second kappa shape index (κ2) is 5.64. The van der Waals surface area contributed by atoms with Crippen molar-refractivity contribution in [2.45, 2.75) is 65.0 Å². The molecule has 0 rings (SSSR count). The average Bonchev–Trinajstić information content (AvgIpc) is 1.98. The third-order valence-electron chi connectivity index (χ3n) is 3.41. The SMILES string of the molecule is CC(C)[Si](C)(C)[O][Cr](=[O])(=[O])[O][Si](C)(C)C(C)C. The van der Waals surface area contributed by atoms with Crippen molar-refractivity contribution in [3.8, 4) is 0 Å². The van der Waals surface area contributed by atoms with Gasteiger partial charge in [0, 0.05) is 0 Å². The van der Waals surface area contributed by atoms with E-state index in [-0.39, 0.29) is 11.1 Å². The van der Waals surface area contributed by atoms with E-state index in [1.165, 1.54) is 0 Å². The molecule has 17 heavy (non-hydrogen) atoms. The van der Waals surface area contributed by atoms with Gasteiger partial charge in [-0.25, -0.2) is 0 Å². The van der Waals surface area contributed by atoms with Crippen LogP contribution in [-0.4, -0.2) is 16.6 Å². The van der Waals surface area contributed by atoms with Gasteiger partial charge in [0.2, 0.25) is 0 Å². The molecule has 0 amide bonds. The Morgan fingerprint density at radius 3 is 1.18 bits per heavy atom. The number of hydrogen-bond donors (Lipinski definition) is 0. The Morgan fingerprint density at radius 1 is 0.765 bits per heavy atom. The Labute approximate surface area is 110 Å². The predicted octanol–water partition coefficient (Wildman–Crippen LogP) is 3.92. The van der Waals surface area contributed by atoms with Crippen LogP contribution in [0.5, 0.6) is 0 Å². The number of hydrogen-bond acceptors (Lipinski definition) is 4.